The van der Waals surface area contributed by atoms with Gasteiger partial charge in [-0.3, -0.25) is 4.79 Å². The largest absolute Gasteiger partial charge is 0.386 e. The van der Waals surface area contributed by atoms with E-state index in [1.165, 1.54) is 4.68 Å². The van der Waals surface area contributed by atoms with E-state index in [1.54, 1.807) is 6.20 Å². The second-order valence-electron chi connectivity index (χ2n) is 10.5. The van der Waals surface area contributed by atoms with E-state index in [1.807, 2.05) is 24.3 Å². The van der Waals surface area contributed by atoms with Crippen LogP contribution < -0.4 is 15.8 Å². The number of aliphatic hydroxyl groups excluding tert-OH is 1. The van der Waals surface area contributed by atoms with Crippen LogP contribution in [0.15, 0.2) is 35.3 Å². The van der Waals surface area contributed by atoms with E-state index in [-0.39, 0.29) is 28.6 Å². The highest BCUT2D eigenvalue weighted by Gasteiger charge is 2.71. The Morgan fingerprint density at radius 3 is 2.45 bits per heavy atom. The summed E-state index contributed by atoms with van der Waals surface area (Å²) in [6.07, 6.45) is 1.85. The van der Waals surface area contributed by atoms with Crippen molar-refractivity contribution in [2.75, 3.05) is 23.3 Å². The monoisotopic (exact) mass is 472 g/mol. The Morgan fingerprint density at radius 2 is 1.88 bits per heavy atom. The van der Waals surface area contributed by atoms with Crippen molar-refractivity contribution < 1.29 is 5.11 Å². The van der Waals surface area contributed by atoms with Crippen molar-refractivity contribution in [1.29, 1.82) is 0 Å². The lowest BCUT2D eigenvalue weighted by Gasteiger charge is -2.75. The molecule has 2 saturated carbocycles. The van der Waals surface area contributed by atoms with Gasteiger partial charge in [-0.05, 0) is 60.6 Å². The molecule has 2 aliphatic carbocycles. The molecule has 4 rings (SSSR count). The molecule has 33 heavy (non-hydrogen) atoms. The zero-order valence-electron chi connectivity index (χ0n) is 20.6. The Balaban J connectivity index is 1.44. The van der Waals surface area contributed by atoms with E-state index in [0.29, 0.717) is 22.9 Å². The third-order valence-electron chi connectivity index (χ3n) is 8.99. The van der Waals surface area contributed by atoms with Gasteiger partial charge in [-0.1, -0.05) is 51.4 Å². The smallest absolute Gasteiger partial charge is 0.287 e. The van der Waals surface area contributed by atoms with E-state index < -0.39 is 6.10 Å². The van der Waals surface area contributed by atoms with Gasteiger partial charge in [0.25, 0.3) is 5.56 Å². The number of fused-ring (bicyclic) bond motifs is 1. The minimum absolute atomic E-state index is 0.0535. The summed E-state index contributed by atoms with van der Waals surface area (Å²) in [5.41, 5.74) is 2.63. The van der Waals surface area contributed by atoms with E-state index in [2.05, 4.69) is 56.9 Å². The zero-order chi connectivity index (χ0) is 24.1. The molecule has 0 radical (unpaired) electrons. The number of hydrogen-bond acceptors (Lipinski definition) is 5. The molecule has 0 bridgehead atoms. The van der Waals surface area contributed by atoms with Crippen LogP contribution in [0.25, 0.3) is 0 Å². The molecule has 180 valence electrons. The Hall–Kier alpha value is -2.05. The Morgan fingerprint density at radius 1 is 1.24 bits per heavy atom. The first kappa shape index (κ1) is 24.1. The van der Waals surface area contributed by atoms with Crippen molar-refractivity contribution in [3.63, 3.8) is 0 Å². The summed E-state index contributed by atoms with van der Waals surface area (Å²) >= 11 is 6.46. The normalized spacial score (nSPS) is 28.3. The lowest BCUT2D eigenvalue weighted by Crippen LogP contribution is -2.74. The van der Waals surface area contributed by atoms with Gasteiger partial charge in [-0.25, -0.2) is 4.68 Å². The molecule has 1 aromatic carbocycles. The topological polar surface area (TPSA) is 70.4 Å². The van der Waals surface area contributed by atoms with E-state index in [9.17, 15) is 9.90 Å². The second-order valence-corrected chi connectivity index (χ2v) is 10.9. The van der Waals surface area contributed by atoms with Crippen LogP contribution in [-0.2, 0) is 6.54 Å². The zero-order valence-corrected chi connectivity index (χ0v) is 21.4. The molecule has 0 aliphatic heterocycles. The maximum Gasteiger partial charge on any atom is 0.287 e. The summed E-state index contributed by atoms with van der Waals surface area (Å²) < 4.78 is 1.25. The fraction of sp³-hybridized carbons (Fsp3) is 0.615. The third kappa shape index (κ3) is 3.75. The average Bonchev–Trinajstić information content (AvgIpc) is 2.80. The summed E-state index contributed by atoms with van der Waals surface area (Å²) in [7, 11) is 0. The number of aromatic nitrogens is 2. The summed E-state index contributed by atoms with van der Waals surface area (Å²) in [6, 6.07) is 8.08. The molecule has 5 atom stereocenters. The standard InChI is InChI=1S/C26H37ClN4O2/c1-7-30(8-2)18-11-9-17(10-12-18)20(32)15-31-24(33)23(27)19(14-28-31)29-22-13-21-25(4,5)16(3)26(21,22)6/h9-12,14,16,20-22,29,32H,7-8,13,15H2,1-6H3/t16-,20?,21-,22+,26?/m0/s1. The third-order valence-corrected chi connectivity index (χ3v) is 9.35. The molecule has 7 heteroatoms. The van der Waals surface area contributed by atoms with Crippen LogP contribution in [0.2, 0.25) is 5.02 Å². The van der Waals surface area contributed by atoms with Gasteiger partial charge >= 0.3 is 0 Å². The maximum absolute atomic E-state index is 12.9. The highest BCUT2D eigenvalue weighted by Crippen LogP contribution is 2.73. The Kier molecular flexibility index (Phi) is 6.29. The summed E-state index contributed by atoms with van der Waals surface area (Å²) in [6.45, 7) is 15.5. The molecule has 2 aromatic rings. The number of aliphatic hydroxyl groups is 1. The van der Waals surface area contributed by atoms with Crippen LogP contribution >= 0.6 is 11.6 Å². The Labute approximate surface area is 202 Å². The molecule has 2 unspecified atom stereocenters. The fourth-order valence-electron chi connectivity index (χ4n) is 6.41. The predicted octanol–water partition coefficient (Wildman–Crippen LogP) is 4.96. The second kappa shape index (κ2) is 8.62. The van der Waals surface area contributed by atoms with E-state index >= 15 is 0 Å². The maximum atomic E-state index is 12.9. The molecule has 1 aromatic heterocycles. The summed E-state index contributed by atoms with van der Waals surface area (Å²) in [4.78, 5) is 15.1. The van der Waals surface area contributed by atoms with Crippen LogP contribution in [0.3, 0.4) is 0 Å². The van der Waals surface area contributed by atoms with Crippen LogP contribution in [0.5, 0.6) is 0 Å². The molecule has 0 saturated heterocycles. The number of hydrogen-bond donors (Lipinski definition) is 2. The minimum Gasteiger partial charge on any atom is -0.386 e. The van der Waals surface area contributed by atoms with Crippen LogP contribution in [0.1, 0.15) is 59.6 Å². The molecule has 6 nitrogen and oxygen atoms in total. The number of benzene rings is 1. The lowest BCUT2D eigenvalue weighted by molar-refractivity contribution is -0.240. The first-order valence-electron chi connectivity index (χ1n) is 12.1. The number of nitrogens with one attached hydrogen (secondary N) is 1. The van der Waals surface area contributed by atoms with Gasteiger partial charge in [0.1, 0.15) is 5.02 Å². The van der Waals surface area contributed by atoms with Crippen molar-refractivity contribution >= 4 is 23.0 Å². The SMILES string of the molecule is CCN(CC)c1ccc(C(O)Cn2ncc(N[C@@H]3C[C@H]4C(C)(C)[C@H](C)C34C)c(Cl)c2=O)cc1. The fourth-order valence-corrected chi connectivity index (χ4v) is 6.61. The van der Waals surface area contributed by atoms with Gasteiger partial charge < -0.3 is 15.3 Å². The predicted molar refractivity (Wildman–Crippen MR) is 135 cm³/mol. The molecule has 0 spiro atoms. The molecular weight excluding hydrogens is 436 g/mol. The first-order chi connectivity index (χ1) is 15.5. The van der Waals surface area contributed by atoms with Crippen molar-refractivity contribution in [3.05, 3.63) is 51.4 Å². The van der Waals surface area contributed by atoms with Gasteiger partial charge in [0.2, 0.25) is 0 Å². The number of nitrogens with zero attached hydrogens (tertiary/aromatic N) is 3. The first-order valence-corrected chi connectivity index (χ1v) is 12.5. The Bertz CT molecular complexity index is 1050. The molecule has 2 N–H and O–H groups in total. The van der Waals surface area contributed by atoms with Gasteiger partial charge in [-0.15, -0.1) is 0 Å². The molecule has 2 fully saturated rings. The quantitative estimate of drug-likeness (QED) is 0.568. The highest BCUT2D eigenvalue weighted by atomic mass is 35.5. The van der Waals surface area contributed by atoms with Crippen molar-refractivity contribution in [2.24, 2.45) is 22.7 Å². The van der Waals surface area contributed by atoms with Gasteiger partial charge in [0, 0.05) is 24.8 Å². The molecule has 0 amide bonds. The molecular formula is C26H37ClN4O2. The summed E-state index contributed by atoms with van der Waals surface area (Å²) in [5, 5.41) is 18.6. The minimum atomic E-state index is -0.847. The highest BCUT2D eigenvalue weighted by molar-refractivity contribution is 6.32. The van der Waals surface area contributed by atoms with Crippen LogP contribution in [-0.4, -0.2) is 34.0 Å². The van der Waals surface area contributed by atoms with Gasteiger partial charge in [0.05, 0.1) is 24.5 Å². The van der Waals surface area contributed by atoms with Crippen LogP contribution in [0, 0.1) is 22.7 Å². The van der Waals surface area contributed by atoms with Crippen LogP contribution in [0.4, 0.5) is 11.4 Å². The van der Waals surface area contributed by atoms with E-state index in [4.69, 9.17) is 11.6 Å². The van der Waals surface area contributed by atoms with E-state index in [0.717, 1.165) is 30.8 Å². The van der Waals surface area contributed by atoms with Crippen molar-refractivity contribution in [2.45, 2.75) is 66.7 Å². The van der Waals surface area contributed by atoms with Crippen molar-refractivity contribution in [3.8, 4) is 0 Å². The van der Waals surface area contributed by atoms with Gasteiger partial charge in [-0.2, -0.15) is 5.10 Å². The van der Waals surface area contributed by atoms with Crippen molar-refractivity contribution in [1.82, 2.24) is 9.78 Å². The van der Waals surface area contributed by atoms with Gasteiger partial charge in [0.15, 0.2) is 0 Å². The number of rotatable bonds is 8. The number of halogens is 1. The number of anilines is 2. The average molecular weight is 473 g/mol. The molecule has 1 heterocycles. The molecule has 2 aliphatic rings. The lowest BCUT2D eigenvalue weighted by atomic mass is 9.31. The summed E-state index contributed by atoms with van der Waals surface area (Å²) in [5.74, 6) is 1.28.